The Labute approximate surface area is 211 Å². The molecule has 35 heavy (non-hydrogen) atoms. The minimum atomic E-state index is -0.235. The van der Waals surface area contributed by atoms with E-state index < -0.39 is 0 Å². The fourth-order valence-corrected chi connectivity index (χ4v) is 5.65. The molecule has 0 aromatic heterocycles. The van der Waals surface area contributed by atoms with Crippen LogP contribution in [0.15, 0.2) is 48.2 Å². The van der Waals surface area contributed by atoms with Crippen LogP contribution in [0, 0.1) is 19.8 Å². The molecule has 3 fully saturated rings. The molecule has 2 amide bonds. The minimum absolute atomic E-state index is 0.0779. The summed E-state index contributed by atoms with van der Waals surface area (Å²) in [5.74, 6) is 0.201. The lowest BCUT2D eigenvalue weighted by Crippen LogP contribution is -2.56. The molecule has 2 aromatic carbocycles. The van der Waals surface area contributed by atoms with Gasteiger partial charge in [0.05, 0.1) is 6.04 Å². The van der Waals surface area contributed by atoms with Gasteiger partial charge in [-0.3, -0.25) is 9.59 Å². The summed E-state index contributed by atoms with van der Waals surface area (Å²) in [6.07, 6.45) is 3.76. The van der Waals surface area contributed by atoms with Crippen LogP contribution in [0.1, 0.15) is 36.0 Å². The standard InChI is InChI=1S/C28H32ClN3O3/c1-18-6-7-19(2)24(14-18)31-10-12-32(13-11-31)28(34)21-8-9-25-23(17-21)30-27(33)26(35-25)16-20-4-3-5-22(29)15-20/h3-7,14-16,21,23,25H,8-13,17H2,1-2H3,(H,30,33)/b26-16-. The molecule has 1 saturated carbocycles. The Morgan fingerprint density at radius 2 is 1.89 bits per heavy atom. The zero-order chi connectivity index (χ0) is 24.5. The van der Waals surface area contributed by atoms with Crippen LogP contribution in [0.25, 0.3) is 6.08 Å². The fourth-order valence-electron chi connectivity index (χ4n) is 5.45. The summed E-state index contributed by atoms with van der Waals surface area (Å²) in [4.78, 5) is 30.4. The van der Waals surface area contributed by atoms with E-state index in [0.717, 1.165) is 44.6 Å². The third-order valence-electron chi connectivity index (χ3n) is 7.40. The van der Waals surface area contributed by atoms with Crippen molar-refractivity contribution in [2.45, 2.75) is 45.3 Å². The Morgan fingerprint density at radius 3 is 2.66 bits per heavy atom. The van der Waals surface area contributed by atoms with Gasteiger partial charge in [-0.2, -0.15) is 0 Å². The summed E-state index contributed by atoms with van der Waals surface area (Å²) in [5.41, 5.74) is 4.61. The van der Waals surface area contributed by atoms with E-state index in [9.17, 15) is 9.59 Å². The van der Waals surface area contributed by atoms with Crippen LogP contribution < -0.4 is 10.2 Å². The molecule has 1 N–H and O–H groups in total. The first-order chi connectivity index (χ1) is 16.9. The Kier molecular flexibility index (Phi) is 6.74. The number of carbonyl (C=O) groups excluding carboxylic acids is 2. The highest BCUT2D eigenvalue weighted by Gasteiger charge is 2.41. The number of carbonyl (C=O) groups is 2. The second kappa shape index (κ2) is 9.94. The van der Waals surface area contributed by atoms with Gasteiger partial charge >= 0.3 is 0 Å². The number of nitrogens with one attached hydrogen (secondary N) is 1. The van der Waals surface area contributed by atoms with Crippen molar-refractivity contribution in [2.24, 2.45) is 5.92 Å². The summed E-state index contributed by atoms with van der Waals surface area (Å²) >= 11 is 6.06. The Morgan fingerprint density at radius 1 is 1.09 bits per heavy atom. The topological polar surface area (TPSA) is 61.9 Å². The first-order valence-electron chi connectivity index (χ1n) is 12.4. The number of ether oxygens (including phenoxy) is 1. The number of piperazine rings is 1. The quantitative estimate of drug-likeness (QED) is 0.646. The average molecular weight is 494 g/mol. The maximum absolute atomic E-state index is 13.3. The third-order valence-corrected chi connectivity index (χ3v) is 7.63. The number of morpholine rings is 1. The number of aryl methyl sites for hydroxylation is 2. The summed E-state index contributed by atoms with van der Waals surface area (Å²) in [7, 11) is 0. The molecule has 3 unspecified atom stereocenters. The van der Waals surface area contributed by atoms with E-state index in [-0.39, 0.29) is 29.9 Å². The van der Waals surface area contributed by atoms with Crippen molar-refractivity contribution in [1.29, 1.82) is 0 Å². The number of hydrogen-bond donors (Lipinski definition) is 1. The number of benzene rings is 2. The molecule has 2 aromatic rings. The number of amides is 2. The largest absolute Gasteiger partial charge is 0.483 e. The van der Waals surface area contributed by atoms with Crippen molar-refractivity contribution in [3.8, 4) is 0 Å². The molecule has 184 valence electrons. The smallest absolute Gasteiger partial charge is 0.286 e. The maximum Gasteiger partial charge on any atom is 0.286 e. The minimum Gasteiger partial charge on any atom is -0.483 e. The van der Waals surface area contributed by atoms with E-state index in [1.165, 1.54) is 16.8 Å². The van der Waals surface area contributed by atoms with Crippen molar-refractivity contribution in [3.05, 3.63) is 69.9 Å². The molecule has 0 spiro atoms. The van der Waals surface area contributed by atoms with E-state index >= 15 is 0 Å². The average Bonchev–Trinajstić information content (AvgIpc) is 2.85. The first kappa shape index (κ1) is 23.7. The highest BCUT2D eigenvalue weighted by molar-refractivity contribution is 6.30. The predicted molar refractivity (Wildman–Crippen MR) is 138 cm³/mol. The second-order valence-corrected chi connectivity index (χ2v) is 10.3. The van der Waals surface area contributed by atoms with Crippen molar-refractivity contribution < 1.29 is 14.3 Å². The number of rotatable bonds is 3. The van der Waals surface area contributed by atoms with Crippen LogP contribution in [0.2, 0.25) is 5.02 Å². The SMILES string of the molecule is Cc1ccc(C)c(N2CCN(C(=O)C3CCC4O/C(=C\c5cccc(Cl)c5)C(=O)NC4C3)CC2)c1. The van der Waals surface area contributed by atoms with Crippen LogP contribution >= 0.6 is 11.6 Å². The van der Waals surface area contributed by atoms with E-state index in [2.05, 4.69) is 42.3 Å². The fraction of sp³-hybridized carbons (Fsp3) is 0.429. The van der Waals surface area contributed by atoms with Crippen LogP contribution in [0.3, 0.4) is 0 Å². The van der Waals surface area contributed by atoms with E-state index in [1.807, 2.05) is 17.0 Å². The molecule has 1 aliphatic carbocycles. The number of nitrogens with zero attached hydrogens (tertiary/aromatic N) is 2. The molecule has 2 aliphatic heterocycles. The van der Waals surface area contributed by atoms with Crippen LogP contribution in [0.5, 0.6) is 0 Å². The molecule has 7 heteroatoms. The Bertz CT molecular complexity index is 1160. The zero-order valence-electron chi connectivity index (χ0n) is 20.3. The van der Waals surface area contributed by atoms with Crippen LogP contribution in [0.4, 0.5) is 5.69 Å². The van der Waals surface area contributed by atoms with Gasteiger partial charge in [-0.05, 0) is 74.1 Å². The third kappa shape index (κ3) is 5.18. The lowest BCUT2D eigenvalue weighted by atomic mass is 9.82. The molecule has 3 aliphatic rings. The molecule has 2 saturated heterocycles. The number of halogens is 1. The monoisotopic (exact) mass is 493 g/mol. The zero-order valence-corrected chi connectivity index (χ0v) is 21.1. The molecular formula is C28H32ClN3O3. The summed E-state index contributed by atoms with van der Waals surface area (Å²) < 4.78 is 6.08. The number of anilines is 1. The van der Waals surface area contributed by atoms with Crippen molar-refractivity contribution >= 4 is 35.2 Å². The van der Waals surface area contributed by atoms with E-state index in [0.29, 0.717) is 17.2 Å². The van der Waals surface area contributed by atoms with Crippen LogP contribution in [-0.4, -0.2) is 55.0 Å². The van der Waals surface area contributed by atoms with Crippen molar-refractivity contribution in [3.63, 3.8) is 0 Å². The number of fused-ring (bicyclic) bond motifs is 1. The lowest BCUT2D eigenvalue weighted by Gasteiger charge is -2.42. The van der Waals surface area contributed by atoms with Gasteiger partial charge in [0.2, 0.25) is 5.91 Å². The normalized spacial score (nSPS) is 25.6. The van der Waals surface area contributed by atoms with Crippen molar-refractivity contribution in [1.82, 2.24) is 10.2 Å². The van der Waals surface area contributed by atoms with E-state index in [4.69, 9.17) is 16.3 Å². The summed E-state index contributed by atoms with van der Waals surface area (Å²) in [5, 5.41) is 3.70. The van der Waals surface area contributed by atoms with Gasteiger partial charge in [0.25, 0.3) is 5.91 Å². The predicted octanol–water partition coefficient (Wildman–Crippen LogP) is 4.33. The molecule has 0 radical (unpaired) electrons. The van der Waals surface area contributed by atoms with Gasteiger partial charge in [-0.25, -0.2) is 0 Å². The first-order valence-corrected chi connectivity index (χ1v) is 12.8. The molecule has 6 nitrogen and oxygen atoms in total. The lowest BCUT2D eigenvalue weighted by molar-refractivity contribution is -0.141. The van der Waals surface area contributed by atoms with Gasteiger partial charge < -0.3 is 19.9 Å². The molecule has 0 bridgehead atoms. The van der Waals surface area contributed by atoms with Gasteiger partial charge in [0, 0.05) is 42.8 Å². The molecule has 5 rings (SSSR count). The maximum atomic E-state index is 13.3. The molecule has 3 atom stereocenters. The van der Waals surface area contributed by atoms with Gasteiger partial charge in [-0.15, -0.1) is 0 Å². The summed E-state index contributed by atoms with van der Waals surface area (Å²) in [6.45, 7) is 7.39. The summed E-state index contributed by atoms with van der Waals surface area (Å²) in [6, 6.07) is 13.7. The molecule has 2 heterocycles. The van der Waals surface area contributed by atoms with Crippen molar-refractivity contribution in [2.75, 3.05) is 31.1 Å². The highest BCUT2D eigenvalue weighted by atomic mass is 35.5. The van der Waals surface area contributed by atoms with E-state index in [1.54, 1.807) is 18.2 Å². The second-order valence-electron chi connectivity index (χ2n) is 9.91. The molecular weight excluding hydrogens is 462 g/mol. The highest BCUT2D eigenvalue weighted by Crippen LogP contribution is 2.33. The Balaban J connectivity index is 1.18. The van der Waals surface area contributed by atoms with Gasteiger partial charge in [0.1, 0.15) is 6.10 Å². The van der Waals surface area contributed by atoms with Crippen LogP contribution in [-0.2, 0) is 14.3 Å². The number of hydrogen-bond acceptors (Lipinski definition) is 4. The van der Waals surface area contributed by atoms with Gasteiger partial charge in [0.15, 0.2) is 5.76 Å². The Hall–Kier alpha value is -2.99. The van der Waals surface area contributed by atoms with Gasteiger partial charge in [-0.1, -0.05) is 35.9 Å².